The number of benzene rings is 1. The van der Waals surface area contributed by atoms with Crippen molar-refractivity contribution in [2.75, 3.05) is 19.6 Å². The normalized spacial score (nSPS) is 22.0. The predicted octanol–water partition coefficient (Wildman–Crippen LogP) is 2.50. The van der Waals surface area contributed by atoms with Gasteiger partial charge in [0.1, 0.15) is 11.4 Å². The summed E-state index contributed by atoms with van der Waals surface area (Å²) < 4.78 is 6.48. The Morgan fingerprint density at radius 2 is 1.81 bits per heavy atom. The van der Waals surface area contributed by atoms with Crippen LogP contribution < -0.4 is 4.74 Å². The van der Waals surface area contributed by atoms with Crippen LogP contribution in [0.15, 0.2) is 48.8 Å². The highest BCUT2D eigenvalue weighted by molar-refractivity contribution is 5.94. The third kappa shape index (κ3) is 3.52. The predicted molar refractivity (Wildman–Crippen MR) is 100 cm³/mol. The highest BCUT2D eigenvalue weighted by Gasteiger charge is 2.43. The van der Waals surface area contributed by atoms with E-state index in [1.807, 2.05) is 34.1 Å². The Bertz CT molecular complexity index is 855. The van der Waals surface area contributed by atoms with E-state index in [0.29, 0.717) is 31.7 Å². The van der Waals surface area contributed by atoms with Crippen LogP contribution in [0.25, 0.3) is 0 Å². The van der Waals surface area contributed by atoms with Gasteiger partial charge in [-0.1, -0.05) is 18.2 Å². The van der Waals surface area contributed by atoms with Crippen LogP contribution in [0.2, 0.25) is 0 Å². The molecule has 0 bridgehead atoms. The maximum atomic E-state index is 12.9. The van der Waals surface area contributed by atoms with Crippen LogP contribution >= 0.6 is 0 Å². The summed E-state index contributed by atoms with van der Waals surface area (Å²) in [5.41, 5.74) is 1.04. The average molecular weight is 365 g/mol. The van der Waals surface area contributed by atoms with Crippen molar-refractivity contribution in [2.45, 2.75) is 31.9 Å². The minimum atomic E-state index is -0.584. The number of pyridine rings is 1. The van der Waals surface area contributed by atoms with Gasteiger partial charge in [-0.3, -0.25) is 14.6 Å². The first-order valence-corrected chi connectivity index (χ1v) is 9.28. The molecular formula is C21H23N3O3. The number of piperidine rings is 1. The Balaban J connectivity index is 1.64. The molecule has 140 valence electrons. The molecule has 2 aromatic rings. The molecule has 6 nitrogen and oxygen atoms in total. The van der Waals surface area contributed by atoms with Crippen molar-refractivity contribution < 1.29 is 14.3 Å². The van der Waals surface area contributed by atoms with Crippen molar-refractivity contribution in [3.8, 4) is 5.75 Å². The second-order valence-electron chi connectivity index (χ2n) is 7.33. The molecule has 1 aromatic carbocycles. The Morgan fingerprint density at radius 3 is 2.59 bits per heavy atom. The molecule has 1 atom stereocenters. The van der Waals surface area contributed by atoms with Crippen molar-refractivity contribution in [2.24, 2.45) is 0 Å². The van der Waals surface area contributed by atoms with E-state index in [2.05, 4.69) is 4.98 Å². The van der Waals surface area contributed by atoms with E-state index in [1.165, 1.54) is 0 Å². The third-order valence-corrected chi connectivity index (χ3v) is 5.34. The zero-order chi connectivity index (χ0) is 18.9. The Kier molecular flexibility index (Phi) is 4.56. The van der Waals surface area contributed by atoms with Gasteiger partial charge in [-0.25, -0.2) is 0 Å². The molecule has 0 N–H and O–H groups in total. The third-order valence-electron chi connectivity index (χ3n) is 5.34. The highest BCUT2D eigenvalue weighted by atomic mass is 16.5. The number of rotatable bonds is 1. The molecule has 0 saturated carbocycles. The summed E-state index contributed by atoms with van der Waals surface area (Å²) in [4.78, 5) is 32.8. The first-order valence-electron chi connectivity index (χ1n) is 9.28. The molecule has 1 spiro atoms. The van der Waals surface area contributed by atoms with Crippen LogP contribution in [-0.2, 0) is 11.3 Å². The fourth-order valence-corrected chi connectivity index (χ4v) is 3.99. The van der Waals surface area contributed by atoms with Gasteiger partial charge in [0.2, 0.25) is 5.91 Å². The number of carbonyl (C=O) groups excluding carboxylic acids is 2. The number of carbonyl (C=O) groups is 2. The van der Waals surface area contributed by atoms with Crippen molar-refractivity contribution in [1.82, 2.24) is 14.8 Å². The van der Waals surface area contributed by atoms with Crippen LogP contribution in [0.1, 0.15) is 35.7 Å². The van der Waals surface area contributed by atoms with Gasteiger partial charge in [0, 0.05) is 43.5 Å². The zero-order valence-electron chi connectivity index (χ0n) is 15.4. The Labute approximate surface area is 158 Å². The van der Waals surface area contributed by atoms with Crippen LogP contribution in [-0.4, -0.2) is 51.8 Å². The molecule has 1 aromatic heterocycles. The fraction of sp³-hybridized carbons (Fsp3) is 0.381. The fourth-order valence-electron chi connectivity index (χ4n) is 3.99. The quantitative estimate of drug-likeness (QED) is 0.779. The number of hydrogen-bond donors (Lipinski definition) is 0. The molecule has 27 heavy (non-hydrogen) atoms. The number of hydrogen-bond acceptors (Lipinski definition) is 4. The second kappa shape index (κ2) is 7.02. The van der Waals surface area contributed by atoms with E-state index in [1.54, 1.807) is 31.5 Å². The SMILES string of the molecule is CC(=O)N1Cc2ccccc2O[C@]2(CCCN(C(=O)c3ccncc3)C2)C1. The van der Waals surface area contributed by atoms with Gasteiger partial charge >= 0.3 is 0 Å². The average Bonchev–Trinajstić information content (AvgIpc) is 2.84. The summed E-state index contributed by atoms with van der Waals surface area (Å²) in [7, 11) is 0. The van der Waals surface area contributed by atoms with Gasteiger partial charge in [-0.05, 0) is 31.0 Å². The Morgan fingerprint density at radius 1 is 1.07 bits per heavy atom. The lowest BCUT2D eigenvalue weighted by atomic mass is 9.91. The Hall–Kier alpha value is -2.89. The molecule has 3 heterocycles. The lowest BCUT2D eigenvalue weighted by molar-refractivity contribution is -0.132. The molecule has 2 aliphatic rings. The molecule has 0 aliphatic carbocycles. The lowest BCUT2D eigenvalue weighted by Crippen LogP contribution is -2.58. The van der Waals surface area contributed by atoms with E-state index in [4.69, 9.17) is 4.74 Å². The number of aromatic nitrogens is 1. The molecule has 2 amide bonds. The monoisotopic (exact) mass is 365 g/mol. The van der Waals surface area contributed by atoms with E-state index >= 15 is 0 Å². The molecule has 4 rings (SSSR count). The smallest absolute Gasteiger partial charge is 0.254 e. The van der Waals surface area contributed by atoms with Crippen LogP contribution in [0.3, 0.4) is 0 Å². The minimum Gasteiger partial charge on any atom is -0.483 e. The summed E-state index contributed by atoms with van der Waals surface area (Å²) in [6.45, 7) is 3.76. The van der Waals surface area contributed by atoms with Gasteiger partial charge in [0.25, 0.3) is 5.91 Å². The summed E-state index contributed by atoms with van der Waals surface area (Å²) in [6.07, 6.45) is 4.90. The number of ether oxygens (including phenoxy) is 1. The van der Waals surface area contributed by atoms with Crippen LogP contribution in [0.5, 0.6) is 5.75 Å². The van der Waals surface area contributed by atoms with Gasteiger partial charge in [-0.2, -0.15) is 0 Å². The first-order chi connectivity index (χ1) is 13.1. The first kappa shape index (κ1) is 17.5. The maximum Gasteiger partial charge on any atom is 0.254 e. The van der Waals surface area contributed by atoms with E-state index in [-0.39, 0.29) is 11.8 Å². The van der Waals surface area contributed by atoms with Crippen molar-refractivity contribution in [3.63, 3.8) is 0 Å². The summed E-state index contributed by atoms with van der Waals surface area (Å²) in [5, 5.41) is 0. The number of likely N-dealkylation sites (tertiary alicyclic amines) is 1. The molecule has 0 unspecified atom stereocenters. The number of fused-ring (bicyclic) bond motifs is 1. The summed E-state index contributed by atoms with van der Waals surface area (Å²) >= 11 is 0. The minimum absolute atomic E-state index is 0.0206. The highest BCUT2D eigenvalue weighted by Crippen LogP contribution is 2.35. The van der Waals surface area contributed by atoms with Crippen molar-refractivity contribution >= 4 is 11.8 Å². The van der Waals surface area contributed by atoms with Crippen LogP contribution in [0, 0.1) is 0 Å². The van der Waals surface area contributed by atoms with Crippen molar-refractivity contribution in [3.05, 3.63) is 59.9 Å². The molecule has 0 radical (unpaired) electrons. The topological polar surface area (TPSA) is 62.7 Å². The zero-order valence-corrected chi connectivity index (χ0v) is 15.4. The van der Waals surface area contributed by atoms with Gasteiger partial charge in [-0.15, -0.1) is 0 Å². The summed E-state index contributed by atoms with van der Waals surface area (Å²) in [5.74, 6) is 0.804. The number of amides is 2. The maximum absolute atomic E-state index is 12.9. The lowest BCUT2D eigenvalue weighted by Gasteiger charge is -2.43. The molecule has 6 heteroatoms. The van der Waals surface area contributed by atoms with Gasteiger partial charge < -0.3 is 14.5 Å². The molecule has 1 saturated heterocycles. The van der Waals surface area contributed by atoms with E-state index in [0.717, 1.165) is 24.2 Å². The standard InChI is InChI=1S/C21H23N3O3/c1-16(25)24-13-18-5-2-3-6-19(18)27-21(15-24)9-4-12-23(14-21)20(26)17-7-10-22-11-8-17/h2-3,5-8,10-11H,4,9,12-15H2,1H3/t21-/m0/s1. The van der Waals surface area contributed by atoms with E-state index in [9.17, 15) is 9.59 Å². The van der Waals surface area contributed by atoms with E-state index < -0.39 is 5.60 Å². The van der Waals surface area contributed by atoms with Gasteiger partial charge in [0.05, 0.1) is 13.1 Å². The molecular weight excluding hydrogens is 342 g/mol. The van der Waals surface area contributed by atoms with Crippen molar-refractivity contribution in [1.29, 1.82) is 0 Å². The molecule has 2 aliphatic heterocycles. The van der Waals surface area contributed by atoms with Gasteiger partial charge in [0.15, 0.2) is 0 Å². The largest absolute Gasteiger partial charge is 0.483 e. The summed E-state index contributed by atoms with van der Waals surface area (Å²) in [6, 6.07) is 11.3. The second-order valence-corrected chi connectivity index (χ2v) is 7.33. The number of nitrogens with zero attached hydrogens (tertiary/aromatic N) is 3. The van der Waals surface area contributed by atoms with Crippen LogP contribution in [0.4, 0.5) is 0 Å². The number of para-hydroxylation sites is 1. The molecule has 1 fully saturated rings.